The van der Waals surface area contributed by atoms with E-state index < -0.39 is 0 Å². The van der Waals surface area contributed by atoms with Crippen molar-refractivity contribution < 1.29 is 4.42 Å². The third-order valence-corrected chi connectivity index (χ3v) is 13.0. The number of furan rings is 1. The van der Waals surface area contributed by atoms with Crippen LogP contribution in [0.1, 0.15) is 0 Å². The fourth-order valence-corrected chi connectivity index (χ4v) is 10.1. The lowest BCUT2D eigenvalue weighted by molar-refractivity contribution is 0.672. The van der Waals surface area contributed by atoms with Crippen LogP contribution in [-0.2, 0) is 0 Å². The number of fused-ring (bicyclic) bond motifs is 11. The van der Waals surface area contributed by atoms with E-state index in [4.69, 9.17) is 4.42 Å². The first-order valence-corrected chi connectivity index (χ1v) is 21.6. The highest BCUT2D eigenvalue weighted by atomic mass is 16.3. The molecule has 2 aromatic heterocycles. The molecule has 2 heterocycles. The van der Waals surface area contributed by atoms with E-state index >= 15 is 0 Å². The minimum atomic E-state index is 0.856. The number of anilines is 3. The molecule has 0 atom stereocenters. The SMILES string of the molecule is c1ccc(-c2ccccc2-n2c3cc(N(c4ccc(-c5cccc6ccccc56)cc4)c4cccc5oc6c7ccccc7ccc6c45)ccc3c3c4ccccc4ccc32)cc1. The summed E-state index contributed by atoms with van der Waals surface area (Å²) in [5.74, 6) is 0. The summed E-state index contributed by atoms with van der Waals surface area (Å²) in [5, 5.41) is 11.8. The molecular weight excluding hydrogens is 765 g/mol. The first kappa shape index (κ1) is 35.4. The fraction of sp³-hybridized carbons (Fsp3) is 0. The van der Waals surface area contributed by atoms with Crippen molar-refractivity contribution in [2.45, 2.75) is 0 Å². The number of aromatic nitrogens is 1. The quantitative estimate of drug-likeness (QED) is 0.167. The molecule has 11 aromatic carbocycles. The van der Waals surface area contributed by atoms with E-state index in [0.717, 1.165) is 61.0 Å². The van der Waals surface area contributed by atoms with Gasteiger partial charge in [-0.05, 0) is 98.2 Å². The summed E-state index contributed by atoms with van der Waals surface area (Å²) in [6, 6.07) is 83.5. The number of para-hydroxylation sites is 1. The van der Waals surface area contributed by atoms with Crippen LogP contribution in [-0.4, -0.2) is 4.57 Å². The molecule has 0 fully saturated rings. The van der Waals surface area contributed by atoms with Crippen LogP contribution in [0.2, 0.25) is 0 Å². The van der Waals surface area contributed by atoms with E-state index in [9.17, 15) is 0 Å². The number of rotatable bonds is 6. The van der Waals surface area contributed by atoms with Gasteiger partial charge in [0.1, 0.15) is 11.2 Å². The van der Waals surface area contributed by atoms with Crippen molar-refractivity contribution in [3.8, 4) is 27.9 Å². The van der Waals surface area contributed by atoms with Gasteiger partial charge in [-0.15, -0.1) is 0 Å². The molecule has 0 unspecified atom stereocenters. The van der Waals surface area contributed by atoms with Crippen LogP contribution in [0, 0.1) is 0 Å². The summed E-state index contributed by atoms with van der Waals surface area (Å²) in [5.41, 5.74) is 13.1. The Morgan fingerprint density at radius 1 is 0.349 bits per heavy atom. The molecule has 63 heavy (non-hydrogen) atoms. The maximum absolute atomic E-state index is 6.80. The van der Waals surface area contributed by atoms with E-state index in [-0.39, 0.29) is 0 Å². The number of hydrogen-bond acceptors (Lipinski definition) is 2. The third kappa shape index (κ3) is 5.53. The largest absolute Gasteiger partial charge is 0.455 e. The van der Waals surface area contributed by atoms with Gasteiger partial charge in [0, 0.05) is 38.5 Å². The zero-order chi connectivity index (χ0) is 41.4. The van der Waals surface area contributed by atoms with Crippen molar-refractivity contribution in [3.05, 3.63) is 231 Å². The fourth-order valence-electron chi connectivity index (χ4n) is 10.1. The van der Waals surface area contributed by atoms with Crippen LogP contribution in [0.5, 0.6) is 0 Å². The lowest BCUT2D eigenvalue weighted by atomic mass is 9.98. The van der Waals surface area contributed by atoms with Gasteiger partial charge in [0.2, 0.25) is 0 Å². The van der Waals surface area contributed by atoms with Gasteiger partial charge in [-0.25, -0.2) is 0 Å². The second-order valence-corrected chi connectivity index (χ2v) is 16.4. The Bertz CT molecular complexity index is 3910. The molecule has 13 rings (SSSR count). The van der Waals surface area contributed by atoms with Crippen LogP contribution >= 0.6 is 0 Å². The van der Waals surface area contributed by atoms with Gasteiger partial charge in [-0.2, -0.15) is 0 Å². The van der Waals surface area contributed by atoms with Gasteiger partial charge in [-0.3, -0.25) is 0 Å². The summed E-state index contributed by atoms with van der Waals surface area (Å²) in [6.45, 7) is 0. The van der Waals surface area contributed by atoms with Gasteiger partial charge < -0.3 is 13.9 Å². The lowest BCUT2D eigenvalue weighted by Gasteiger charge is -2.27. The summed E-state index contributed by atoms with van der Waals surface area (Å²) in [4.78, 5) is 2.42. The highest BCUT2D eigenvalue weighted by Gasteiger charge is 2.23. The Kier molecular flexibility index (Phi) is 7.91. The Morgan fingerprint density at radius 3 is 1.79 bits per heavy atom. The summed E-state index contributed by atoms with van der Waals surface area (Å²) >= 11 is 0. The van der Waals surface area contributed by atoms with Crippen LogP contribution < -0.4 is 4.90 Å². The van der Waals surface area contributed by atoms with Gasteiger partial charge in [0.25, 0.3) is 0 Å². The van der Waals surface area contributed by atoms with E-state index in [1.165, 1.54) is 60.1 Å². The summed E-state index contributed by atoms with van der Waals surface area (Å²) < 4.78 is 9.28. The van der Waals surface area contributed by atoms with Crippen LogP contribution in [0.25, 0.3) is 104 Å². The second-order valence-electron chi connectivity index (χ2n) is 16.4. The van der Waals surface area contributed by atoms with Crippen molar-refractivity contribution in [2.24, 2.45) is 0 Å². The monoisotopic (exact) mass is 802 g/mol. The Labute approximate surface area is 363 Å². The predicted octanol–water partition coefficient (Wildman–Crippen LogP) is 16.9. The summed E-state index contributed by atoms with van der Waals surface area (Å²) in [6.07, 6.45) is 0. The highest BCUT2D eigenvalue weighted by Crippen LogP contribution is 2.47. The maximum Gasteiger partial charge on any atom is 0.143 e. The number of hydrogen-bond donors (Lipinski definition) is 0. The Morgan fingerprint density at radius 2 is 0.952 bits per heavy atom. The molecular formula is C60H38N2O. The van der Waals surface area contributed by atoms with E-state index in [2.05, 4.69) is 240 Å². The van der Waals surface area contributed by atoms with Gasteiger partial charge >= 0.3 is 0 Å². The van der Waals surface area contributed by atoms with Crippen molar-refractivity contribution in [1.82, 2.24) is 4.57 Å². The van der Waals surface area contributed by atoms with E-state index in [1.807, 2.05) is 0 Å². The van der Waals surface area contributed by atoms with Gasteiger partial charge in [0.05, 0.1) is 27.8 Å². The topological polar surface area (TPSA) is 21.3 Å². The minimum Gasteiger partial charge on any atom is -0.455 e. The molecule has 13 aromatic rings. The highest BCUT2D eigenvalue weighted by molar-refractivity contribution is 6.23. The third-order valence-electron chi connectivity index (χ3n) is 13.0. The predicted molar refractivity (Wildman–Crippen MR) is 266 cm³/mol. The molecule has 3 nitrogen and oxygen atoms in total. The van der Waals surface area contributed by atoms with Crippen LogP contribution in [0.15, 0.2) is 235 Å². The van der Waals surface area contributed by atoms with Gasteiger partial charge in [-0.1, -0.05) is 176 Å². The first-order valence-electron chi connectivity index (χ1n) is 21.6. The average Bonchev–Trinajstić information content (AvgIpc) is 3.91. The molecule has 0 bridgehead atoms. The second kappa shape index (κ2) is 14.1. The zero-order valence-electron chi connectivity index (χ0n) is 34.2. The van der Waals surface area contributed by atoms with Crippen molar-refractivity contribution in [3.63, 3.8) is 0 Å². The van der Waals surface area contributed by atoms with Crippen LogP contribution in [0.4, 0.5) is 17.1 Å². The first-order chi connectivity index (χ1) is 31.3. The van der Waals surface area contributed by atoms with Crippen molar-refractivity contribution in [1.29, 1.82) is 0 Å². The molecule has 3 heteroatoms. The van der Waals surface area contributed by atoms with Gasteiger partial charge in [0.15, 0.2) is 0 Å². The Balaban J connectivity index is 1.10. The summed E-state index contributed by atoms with van der Waals surface area (Å²) in [7, 11) is 0. The number of nitrogens with zero attached hydrogens (tertiary/aromatic N) is 2. The normalized spacial score (nSPS) is 11.8. The standard InChI is InChI=1S/C60H38N2O/c1-2-14-40(15-3-1)48-21-10-11-25-53(48)62-55-37-31-41-17-5-8-22-49(41)58(55)51-36-34-45(38-56(51)62)61(44-32-28-43(29-33-44)47-24-12-19-39-16-4-7-20-46(39)47)54-26-13-27-57-59(54)52-35-30-42-18-6-9-23-50(42)60(52)63-57/h1-38H. The molecule has 0 aliphatic heterocycles. The zero-order valence-corrected chi connectivity index (χ0v) is 34.2. The Hall–Kier alpha value is -8.40. The smallest absolute Gasteiger partial charge is 0.143 e. The van der Waals surface area contributed by atoms with Crippen LogP contribution in [0.3, 0.4) is 0 Å². The molecule has 0 radical (unpaired) electrons. The minimum absolute atomic E-state index is 0.856. The molecule has 0 amide bonds. The molecule has 0 saturated heterocycles. The maximum atomic E-state index is 6.80. The van der Waals surface area contributed by atoms with Crippen molar-refractivity contribution >= 4 is 93.1 Å². The molecule has 0 N–H and O–H groups in total. The molecule has 0 aliphatic rings. The molecule has 0 spiro atoms. The lowest BCUT2D eigenvalue weighted by Crippen LogP contribution is -2.10. The van der Waals surface area contributed by atoms with E-state index in [0.29, 0.717) is 0 Å². The average molecular weight is 803 g/mol. The molecule has 0 aliphatic carbocycles. The molecule has 0 saturated carbocycles. The number of benzene rings is 11. The van der Waals surface area contributed by atoms with E-state index in [1.54, 1.807) is 0 Å². The molecule has 294 valence electrons. The van der Waals surface area contributed by atoms with Crippen molar-refractivity contribution in [2.75, 3.05) is 4.90 Å².